The number of H-pyrrole nitrogens is 2. The minimum atomic E-state index is -4.59. The number of fused-ring (bicyclic) bond motifs is 1. The first-order chi connectivity index (χ1) is 12.7. The topological polar surface area (TPSA) is 104 Å². The molecular weight excluding hydrogens is 367 g/mol. The predicted molar refractivity (Wildman–Crippen MR) is 89.3 cm³/mol. The third kappa shape index (κ3) is 4.35. The fourth-order valence-corrected chi connectivity index (χ4v) is 2.34. The van der Waals surface area contributed by atoms with E-state index in [1.165, 1.54) is 12.1 Å². The van der Waals surface area contributed by atoms with Gasteiger partial charge in [-0.3, -0.25) is 4.79 Å². The molecule has 7 nitrogen and oxygen atoms in total. The smallest absolute Gasteiger partial charge is 0.416 e. The van der Waals surface area contributed by atoms with E-state index in [1.54, 1.807) is 6.07 Å². The van der Waals surface area contributed by atoms with Crippen LogP contribution in [-0.2, 0) is 15.7 Å². The van der Waals surface area contributed by atoms with E-state index < -0.39 is 35.9 Å². The standard InChI is InChI=1S/C17H12F3N3O4/c18-17(19,20)10-3-1-2-9(6-10)15(25)27-8-14(24)21-11-4-5-12-13(7-11)23-16(26)22-12/h1-7H,8H2,(H,21,24)(H2,22,23,26). The highest BCUT2D eigenvalue weighted by Gasteiger charge is 2.31. The molecular formula is C17H12F3N3O4. The van der Waals surface area contributed by atoms with Crippen LogP contribution in [0.4, 0.5) is 18.9 Å². The highest BCUT2D eigenvalue weighted by molar-refractivity contribution is 5.96. The number of carbonyl (C=O) groups is 2. The Hall–Kier alpha value is -3.56. The summed E-state index contributed by atoms with van der Waals surface area (Å²) in [7, 11) is 0. The van der Waals surface area contributed by atoms with Crippen LogP contribution in [-0.4, -0.2) is 28.5 Å². The van der Waals surface area contributed by atoms with Crippen molar-refractivity contribution in [2.75, 3.05) is 11.9 Å². The van der Waals surface area contributed by atoms with Crippen LogP contribution in [0, 0.1) is 0 Å². The van der Waals surface area contributed by atoms with Gasteiger partial charge < -0.3 is 20.0 Å². The van der Waals surface area contributed by atoms with Crippen LogP contribution in [0.1, 0.15) is 15.9 Å². The van der Waals surface area contributed by atoms with Gasteiger partial charge >= 0.3 is 17.8 Å². The Morgan fingerprint density at radius 2 is 1.78 bits per heavy atom. The lowest BCUT2D eigenvalue weighted by Gasteiger charge is -2.09. The Morgan fingerprint density at radius 1 is 1.04 bits per heavy atom. The lowest BCUT2D eigenvalue weighted by atomic mass is 10.1. The third-order valence-electron chi connectivity index (χ3n) is 3.56. The number of hydrogen-bond donors (Lipinski definition) is 3. The number of rotatable bonds is 4. The van der Waals surface area contributed by atoms with Gasteiger partial charge in [0.25, 0.3) is 5.91 Å². The van der Waals surface area contributed by atoms with Gasteiger partial charge in [-0.15, -0.1) is 0 Å². The van der Waals surface area contributed by atoms with Crippen molar-refractivity contribution in [3.05, 3.63) is 64.1 Å². The fraction of sp³-hybridized carbons (Fsp3) is 0.118. The van der Waals surface area contributed by atoms with Crippen molar-refractivity contribution in [2.45, 2.75) is 6.18 Å². The van der Waals surface area contributed by atoms with E-state index in [0.717, 1.165) is 18.2 Å². The molecule has 0 spiro atoms. The number of ether oxygens (including phenoxy) is 1. The first-order valence-corrected chi connectivity index (χ1v) is 7.59. The summed E-state index contributed by atoms with van der Waals surface area (Å²) < 4.78 is 42.7. The average molecular weight is 379 g/mol. The Kier molecular flexibility index (Phi) is 4.72. The molecule has 3 N–H and O–H groups in total. The fourth-order valence-electron chi connectivity index (χ4n) is 2.34. The summed E-state index contributed by atoms with van der Waals surface area (Å²) in [6, 6.07) is 8.30. The first kappa shape index (κ1) is 18.2. The highest BCUT2D eigenvalue weighted by Crippen LogP contribution is 2.29. The first-order valence-electron chi connectivity index (χ1n) is 7.59. The number of halogens is 3. The number of benzene rings is 2. The number of amides is 1. The van der Waals surface area contributed by atoms with Gasteiger partial charge in [-0.05, 0) is 36.4 Å². The molecule has 0 aliphatic rings. The molecule has 2 aromatic carbocycles. The average Bonchev–Trinajstić information content (AvgIpc) is 2.98. The molecule has 0 fully saturated rings. The van der Waals surface area contributed by atoms with Crippen LogP contribution >= 0.6 is 0 Å². The summed E-state index contributed by atoms with van der Waals surface area (Å²) in [6.07, 6.45) is -4.59. The molecule has 0 saturated heterocycles. The molecule has 1 heterocycles. The van der Waals surface area contributed by atoms with Crippen LogP contribution in [0.2, 0.25) is 0 Å². The maximum absolute atomic E-state index is 12.7. The van der Waals surface area contributed by atoms with Gasteiger partial charge in [0.2, 0.25) is 0 Å². The zero-order valence-electron chi connectivity index (χ0n) is 13.5. The number of anilines is 1. The number of aromatic nitrogens is 2. The van der Waals surface area contributed by atoms with Gasteiger partial charge in [0, 0.05) is 5.69 Å². The quantitative estimate of drug-likeness (QED) is 0.606. The van der Waals surface area contributed by atoms with Crippen LogP contribution in [0.5, 0.6) is 0 Å². The van der Waals surface area contributed by atoms with Crippen molar-refractivity contribution in [3.8, 4) is 0 Å². The molecule has 140 valence electrons. The minimum absolute atomic E-state index is 0.316. The SMILES string of the molecule is O=C(COC(=O)c1cccc(C(F)(F)F)c1)Nc1ccc2[nH]c(=O)[nH]c2c1. The van der Waals surface area contributed by atoms with Crippen molar-refractivity contribution < 1.29 is 27.5 Å². The molecule has 1 aromatic heterocycles. The van der Waals surface area contributed by atoms with E-state index in [-0.39, 0.29) is 5.56 Å². The predicted octanol–water partition coefficient (Wildman–Crippen LogP) is 2.67. The Morgan fingerprint density at radius 3 is 2.52 bits per heavy atom. The van der Waals surface area contributed by atoms with Crippen LogP contribution < -0.4 is 11.0 Å². The molecule has 3 aromatic rings. The number of imidazole rings is 1. The van der Waals surface area contributed by atoms with Gasteiger partial charge in [0.05, 0.1) is 22.2 Å². The number of nitrogens with one attached hydrogen (secondary N) is 3. The van der Waals surface area contributed by atoms with E-state index >= 15 is 0 Å². The summed E-state index contributed by atoms with van der Waals surface area (Å²) in [5.41, 5.74) is -0.340. The van der Waals surface area contributed by atoms with Crippen molar-refractivity contribution in [1.82, 2.24) is 9.97 Å². The summed E-state index contributed by atoms with van der Waals surface area (Å²) in [5, 5.41) is 2.45. The summed E-state index contributed by atoms with van der Waals surface area (Å²) in [6.45, 7) is -0.684. The van der Waals surface area contributed by atoms with Crippen molar-refractivity contribution in [3.63, 3.8) is 0 Å². The molecule has 27 heavy (non-hydrogen) atoms. The van der Waals surface area contributed by atoms with Gasteiger partial charge in [0.15, 0.2) is 6.61 Å². The number of carbonyl (C=O) groups excluding carboxylic acids is 2. The Labute approximate surface area is 149 Å². The van der Waals surface area contributed by atoms with E-state index in [9.17, 15) is 27.6 Å². The second-order valence-corrected chi connectivity index (χ2v) is 5.54. The zero-order chi connectivity index (χ0) is 19.6. The molecule has 1 amide bonds. The van der Waals surface area contributed by atoms with Crippen molar-refractivity contribution in [1.29, 1.82) is 0 Å². The van der Waals surface area contributed by atoms with E-state index in [2.05, 4.69) is 15.3 Å². The minimum Gasteiger partial charge on any atom is -0.452 e. The molecule has 0 aliphatic heterocycles. The molecule has 0 atom stereocenters. The number of hydrogen-bond acceptors (Lipinski definition) is 4. The van der Waals surface area contributed by atoms with E-state index in [0.29, 0.717) is 22.8 Å². The molecule has 0 saturated carbocycles. The normalized spacial score (nSPS) is 11.4. The monoisotopic (exact) mass is 379 g/mol. The zero-order valence-corrected chi connectivity index (χ0v) is 13.5. The molecule has 0 bridgehead atoms. The molecule has 10 heteroatoms. The Bertz CT molecular complexity index is 1070. The molecule has 0 radical (unpaired) electrons. The number of alkyl halides is 3. The van der Waals surface area contributed by atoms with E-state index in [4.69, 9.17) is 4.74 Å². The molecule has 3 rings (SSSR count). The van der Waals surface area contributed by atoms with Gasteiger partial charge in [0.1, 0.15) is 0 Å². The van der Waals surface area contributed by atoms with Crippen LogP contribution in [0.15, 0.2) is 47.3 Å². The van der Waals surface area contributed by atoms with Gasteiger partial charge in [-0.1, -0.05) is 6.07 Å². The van der Waals surface area contributed by atoms with Crippen molar-refractivity contribution in [2.24, 2.45) is 0 Å². The summed E-state index contributed by atoms with van der Waals surface area (Å²) in [4.78, 5) is 40.0. The number of esters is 1. The second-order valence-electron chi connectivity index (χ2n) is 5.54. The van der Waals surface area contributed by atoms with Gasteiger partial charge in [-0.2, -0.15) is 13.2 Å². The van der Waals surface area contributed by atoms with Crippen molar-refractivity contribution >= 4 is 28.6 Å². The third-order valence-corrected chi connectivity index (χ3v) is 3.56. The van der Waals surface area contributed by atoms with Crippen LogP contribution in [0.3, 0.4) is 0 Å². The highest BCUT2D eigenvalue weighted by atomic mass is 19.4. The maximum atomic E-state index is 12.7. The van der Waals surface area contributed by atoms with Gasteiger partial charge in [-0.25, -0.2) is 9.59 Å². The largest absolute Gasteiger partial charge is 0.452 e. The summed E-state index contributed by atoms with van der Waals surface area (Å²) >= 11 is 0. The lowest BCUT2D eigenvalue weighted by molar-refractivity contribution is -0.137. The maximum Gasteiger partial charge on any atom is 0.416 e. The lowest BCUT2D eigenvalue weighted by Crippen LogP contribution is -2.21. The summed E-state index contributed by atoms with van der Waals surface area (Å²) in [5.74, 6) is -1.74. The van der Waals surface area contributed by atoms with E-state index in [1.807, 2.05) is 0 Å². The molecule has 0 aliphatic carbocycles. The second kappa shape index (κ2) is 6.98. The van der Waals surface area contributed by atoms with Crippen LogP contribution in [0.25, 0.3) is 11.0 Å². The Balaban J connectivity index is 1.61. The number of aromatic amines is 2. The molecule has 0 unspecified atom stereocenters.